The van der Waals surface area contributed by atoms with E-state index >= 15 is 0 Å². The van der Waals surface area contributed by atoms with Gasteiger partial charge < -0.3 is 27.2 Å². The van der Waals surface area contributed by atoms with Crippen LogP contribution in [0, 0.1) is 3.57 Å². The summed E-state index contributed by atoms with van der Waals surface area (Å²) in [6, 6.07) is 4.08. The Balaban J connectivity index is 1.89. The summed E-state index contributed by atoms with van der Waals surface area (Å²) in [4.78, 5) is 40.8. The van der Waals surface area contributed by atoms with Crippen molar-refractivity contribution in [1.82, 2.24) is 15.1 Å². The summed E-state index contributed by atoms with van der Waals surface area (Å²) in [6.07, 6.45) is -5.39. The number of aromatic nitrogens is 2. The van der Waals surface area contributed by atoms with Gasteiger partial charge in [-0.1, -0.05) is 0 Å². The molecule has 1 aromatic heterocycles. The zero-order valence-corrected chi connectivity index (χ0v) is 22.5. The maximum atomic E-state index is 13.6. The van der Waals surface area contributed by atoms with Crippen LogP contribution >= 0.6 is 22.6 Å². The van der Waals surface area contributed by atoms with Gasteiger partial charge in [-0.15, -0.1) is 0 Å². The monoisotopic (exact) mass is 675 g/mol. The van der Waals surface area contributed by atoms with Crippen molar-refractivity contribution in [1.29, 1.82) is 0 Å². The van der Waals surface area contributed by atoms with Crippen LogP contribution in [0.15, 0.2) is 41.5 Å². The minimum Gasteiger partial charge on any atom is -0.481 e. The van der Waals surface area contributed by atoms with Crippen LogP contribution in [0.25, 0.3) is 10.9 Å². The van der Waals surface area contributed by atoms with Crippen LogP contribution in [0.4, 0.5) is 23.2 Å². The number of amides is 2. The predicted octanol–water partition coefficient (Wildman–Crippen LogP) is 2.75. The maximum absolute atomic E-state index is 13.6. The van der Waals surface area contributed by atoms with Crippen molar-refractivity contribution in [2.45, 2.75) is 30.7 Å². The number of rotatable bonds is 8. The average Bonchev–Trinajstić information content (AvgIpc) is 3.27. The molecule has 0 aliphatic carbocycles. The molecule has 4 rings (SSSR count). The molecular formula is C24H22F4IN7O4. The van der Waals surface area contributed by atoms with Crippen LogP contribution < -0.4 is 22.1 Å². The van der Waals surface area contributed by atoms with Gasteiger partial charge in [0.25, 0.3) is 0 Å². The van der Waals surface area contributed by atoms with E-state index in [2.05, 4.69) is 20.7 Å². The number of halogens is 5. The molecule has 0 fully saturated rings. The number of primary amides is 2. The van der Waals surface area contributed by atoms with Gasteiger partial charge in [0.05, 0.1) is 42.5 Å². The highest BCUT2D eigenvalue weighted by Gasteiger charge is 2.37. The lowest BCUT2D eigenvalue weighted by Crippen LogP contribution is -2.41. The van der Waals surface area contributed by atoms with Gasteiger partial charge >= 0.3 is 12.1 Å². The first-order valence-corrected chi connectivity index (χ1v) is 12.7. The third-order valence-electron chi connectivity index (χ3n) is 6.20. The first-order chi connectivity index (χ1) is 18.7. The molecule has 40 heavy (non-hydrogen) atoms. The van der Waals surface area contributed by atoms with E-state index in [4.69, 9.17) is 11.5 Å². The van der Waals surface area contributed by atoms with Crippen molar-refractivity contribution in [3.63, 3.8) is 0 Å². The summed E-state index contributed by atoms with van der Waals surface area (Å²) in [7, 11) is 0. The fourth-order valence-corrected chi connectivity index (χ4v) is 5.12. The fraction of sp³-hybridized carbons (Fsp3) is 0.292. The quantitative estimate of drug-likeness (QED) is 0.180. The molecule has 3 atom stereocenters. The van der Waals surface area contributed by atoms with E-state index in [0.717, 1.165) is 16.8 Å². The number of fused-ring (bicyclic) bond motifs is 1. The molecule has 2 unspecified atom stereocenters. The molecule has 0 radical (unpaired) electrons. The number of carboxylic acids is 1. The normalized spacial score (nSPS) is 17.0. The number of hydrogen-bond acceptors (Lipinski definition) is 7. The Morgan fingerprint density at radius 2 is 1.93 bits per heavy atom. The number of anilines is 1. The molecule has 1 aliphatic heterocycles. The van der Waals surface area contributed by atoms with Crippen LogP contribution in [0.2, 0.25) is 0 Å². The molecular weight excluding hydrogens is 653 g/mol. The van der Waals surface area contributed by atoms with Crippen LogP contribution in [0.5, 0.6) is 0 Å². The Morgan fingerprint density at radius 3 is 2.50 bits per heavy atom. The SMILES string of the molecule is NC(=O)c1cc(NC2=NCC(F)CN2)c2cnn(C(C(N)=O)[C@@H](CC(=O)O)c3cc(I)cc(C(F)(F)F)c3)c2c1. The lowest BCUT2D eigenvalue weighted by atomic mass is 9.87. The van der Waals surface area contributed by atoms with E-state index in [9.17, 15) is 37.1 Å². The number of hydrogen-bond donors (Lipinski definition) is 5. The van der Waals surface area contributed by atoms with E-state index < -0.39 is 54.1 Å². The zero-order valence-electron chi connectivity index (χ0n) is 20.4. The molecule has 0 saturated carbocycles. The van der Waals surface area contributed by atoms with Gasteiger partial charge in [0.1, 0.15) is 12.2 Å². The lowest BCUT2D eigenvalue weighted by molar-refractivity contribution is -0.138. The average molecular weight is 675 g/mol. The van der Waals surface area contributed by atoms with Crippen molar-refractivity contribution in [2.75, 3.05) is 18.4 Å². The number of nitrogens with two attached hydrogens (primary N) is 2. The third kappa shape index (κ3) is 6.26. The number of carboxylic acid groups (broad SMARTS) is 1. The molecule has 16 heteroatoms. The summed E-state index contributed by atoms with van der Waals surface area (Å²) < 4.78 is 55.4. The summed E-state index contributed by atoms with van der Waals surface area (Å²) >= 11 is 1.66. The molecule has 11 nitrogen and oxygen atoms in total. The highest BCUT2D eigenvalue weighted by Crippen LogP contribution is 2.39. The second-order valence-corrected chi connectivity index (χ2v) is 10.3. The number of nitrogens with one attached hydrogen (secondary N) is 2. The van der Waals surface area contributed by atoms with Crippen molar-refractivity contribution in [2.24, 2.45) is 16.5 Å². The Labute approximate surface area is 237 Å². The lowest BCUT2D eigenvalue weighted by Gasteiger charge is -2.26. The summed E-state index contributed by atoms with van der Waals surface area (Å²) in [5.74, 6) is -4.51. The Morgan fingerprint density at radius 1 is 1.20 bits per heavy atom. The number of nitrogens with zero attached hydrogens (tertiary/aromatic N) is 3. The van der Waals surface area contributed by atoms with Gasteiger partial charge in [0, 0.05) is 20.4 Å². The smallest absolute Gasteiger partial charge is 0.416 e. The number of benzene rings is 2. The van der Waals surface area contributed by atoms with Gasteiger partial charge in [-0.3, -0.25) is 19.1 Å². The summed E-state index contributed by atoms with van der Waals surface area (Å²) in [5.41, 5.74) is 10.4. The first-order valence-electron chi connectivity index (χ1n) is 11.6. The van der Waals surface area contributed by atoms with Crippen LogP contribution in [-0.2, 0) is 15.8 Å². The number of carbonyl (C=O) groups is 3. The molecule has 2 amide bonds. The molecule has 2 aromatic carbocycles. The van der Waals surface area contributed by atoms with E-state index in [0.29, 0.717) is 5.39 Å². The minimum absolute atomic E-state index is 0.0137. The van der Waals surface area contributed by atoms with Crippen LogP contribution in [-0.4, -0.2) is 57.9 Å². The molecule has 7 N–H and O–H groups in total. The second kappa shape index (κ2) is 11.3. The van der Waals surface area contributed by atoms with E-state index in [1.54, 1.807) is 22.6 Å². The summed E-state index contributed by atoms with van der Waals surface area (Å²) in [6.45, 7) is -0.121. The Bertz CT molecular complexity index is 1520. The van der Waals surface area contributed by atoms with Crippen molar-refractivity contribution in [3.05, 3.63) is 56.8 Å². The third-order valence-corrected chi connectivity index (χ3v) is 6.82. The fourth-order valence-electron chi connectivity index (χ4n) is 4.42. The Kier molecular flexibility index (Phi) is 8.18. The number of aliphatic imine (C=N–C) groups is 1. The first kappa shape index (κ1) is 29.0. The highest BCUT2D eigenvalue weighted by molar-refractivity contribution is 14.1. The second-order valence-electron chi connectivity index (χ2n) is 9.03. The van der Waals surface area contributed by atoms with E-state index in [1.807, 2.05) is 0 Å². The number of aliphatic carboxylic acids is 1. The van der Waals surface area contributed by atoms with Crippen molar-refractivity contribution < 1.29 is 37.1 Å². The standard InChI is InChI=1S/C24H22F4IN7O4/c25-13-7-32-23(33-8-13)35-17-3-11(21(30)39)4-18-16(17)9-34-36(18)20(22(31)40)15(6-19(37)38)10-1-12(24(26,27)28)5-14(29)2-10/h1-5,9,13,15,20H,6-8H2,(H2,30,39)(H2,31,40)(H,37,38)(H2,32,33,35)/t15-,20?/m0/s1. The van der Waals surface area contributed by atoms with Gasteiger partial charge in [-0.2, -0.15) is 18.3 Å². The summed E-state index contributed by atoms with van der Waals surface area (Å²) in [5, 5.41) is 19.8. The van der Waals surface area contributed by atoms with Gasteiger partial charge in [-0.05, 0) is 58.5 Å². The molecule has 0 bridgehead atoms. The van der Waals surface area contributed by atoms with Crippen LogP contribution in [0.1, 0.15) is 39.9 Å². The predicted molar refractivity (Wildman–Crippen MR) is 144 cm³/mol. The number of carbonyl (C=O) groups excluding carboxylic acids is 2. The highest BCUT2D eigenvalue weighted by atomic mass is 127. The van der Waals surface area contributed by atoms with Crippen molar-refractivity contribution >= 4 is 62.9 Å². The minimum atomic E-state index is -4.74. The van der Waals surface area contributed by atoms with Gasteiger partial charge in [-0.25, -0.2) is 9.38 Å². The number of guanidine groups is 1. The number of alkyl halides is 4. The van der Waals surface area contributed by atoms with Crippen LogP contribution in [0.3, 0.4) is 0 Å². The van der Waals surface area contributed by atoms with E-state index in [1.165, 1.54) is 24.4 Å². The molecule has 2 heterocycles. The molecule has 212 valence electrons. The largest absolute Gasteiger partial charge is 0.481 e. The van der Waals surface area contributed by atoms with Gasteiger partial charge in [0.15, 0.2) is 5.96 Å². The molecule has 0 saturated heterocycles. The topological polar surface area (TPSA) is 178 Å². The zero-order chi connectivity index (χ0) is 29.4. The molecule has 0 spiro atoms. The van der Waals surface area contributed by atoms with Crippen molar-refractivity contribution in [3.8, 4) is 0 Å². The molecule has 1 aliphatic rings. The van der Waals surface area contributed by atoms with E-state index in [-0.39, 0.29) is 45.0 Å². The van der Waals surface area contributed by atoms with Gasteiger partial charge in [0.2, 0.25) is 11.8 Å². The molecule has 3 aromatic rings. The maximum Gasteiger partial charge on any atom is 0.416 e. The Hall–Kier alpha value is -3.96.